The summed E-state index contributed by atoms with van der Waals surface area (Å²) in [7, 11) is 0. The van der Waals surface area contributed by atoms with E-state index in [4.69, 9.17) is 0 Å². The lowest BCUT2D eigenvalue weighted by Gasteiger charge is -2.31. The Hall–Kier alpha value is -0.510. The first kappa shape index (κ1) is 9.06. The van der Waals surface area contributed by atoms with Crippen molar-refractivity contribution in [3.8, 4) is 0 Å². The van der Waals surface area contributed by atoms with E-state index in [9.17, 15) is 13.2 Å². The molecule has 0 aromatic carbocycles. The maximum Gasteiger partial charge on any atom is 0.401 e. The molecule has 2 bridgehead atoms. The fourth-order valence-electron chi connectivity index (χ4n) is 2.16. The molecule has 0 aromatic rings. The van der Waals surface area contributed by atoms with Crippen molar-refractivity contribution in [1.29, 1.82) is 0 Å². The zero-order valence-electron chi connectivity index (χ0n) is 7.14. The van der Waals surface area contributed by atoms with E-state index in [0.717, 1.165) is 12.8 Å². The van der Waals surface area contributed by atoms with E-state index >= 15 is 0 Å². The third kappa shape index (κ3) is 1.88. The molecule has 2 rings (SSSR count). The van der Waals surface area contributed by atoms with Crippen LogP contribution in [0, 0.1) is 6.08 Å². The standard InChI is InChI=1S/C9H11F3N/c10-9(11,12)6-13-7-2-1-3-8(13)5-4-7/h2,7-8H,3-6H2. The zero-order valence-corrected chi connectivity index (χ0v) is 7.14. The molecule has 2 unspecified atom stereocenters. The van der Waals surface area contributed by atoms with Gasteiger partial charge in [0.05, 0.1) is 6.54 Å². The SMILES string of the molecule is FC(F)(F)CN1C2C=[C]CC1CC2. The van der Waals surface area contributed by atoms with Crippen LogP contribution in [0.3, 0.4) is 0 Å². The molecule has 1 saturated heterocycles. The Bertz CT molecular complexity index is 221. The van der Waals surface area contributed by atoms with Crippen LogP contribution in [0.2, 0.25) is 0 Å². The van der Waals surface area contributed by atoms with Crippen LogP contribution in [0.5, 0.6) is 0 Å². The Morgan fingerprint density at radius 3 is 2.77 bits per heavy atom. The van der Waals surface area contributed by atoms with E-state index < -0.39 is 12.7 Å². The van der Waals surface area contributed by atoms with Gasteiger partial charge in [-0.15, -0.1) is 0 Å². The summed E-state index contributed by atoms with van der Waals surface area (Å²) >= 11 is 0. The molecule has 0 spiro atoms. The lowest BCUT2D eigenvalue weighted by molar-refractivity contribution is -0.150. The van der Waals surface area contributed by atoms with E-state index in [2.05, 4.69) is 6.08 Å². The Morgan fingerprint density at radius 1 is 1.38 bits per heavy atom. The lowest BCUT2D eigenvalue weighted by Crippen LogP contribution is -2.43. The third-order valence-electron chi connectivity index (χ3n) is 2.72. The smallest absolute Gasteiger partial charge is 0.285 e. The summed E-state index contributed by atoms with van der Waals surface area (Å²) in [6.07, 6.45) is 3.15. The average Bonchev–Trinajstić information content (AvgIpc) is 2.29. The van der Waals surface area contributed by atoms with E-state index in [-0.39, 0.29) is 12.1 Å². The summed E-state index contributed by atoms with van der Waals surface area (Å²) in [5, 5.41) is 0. The topological polar surface area (TPSA) is 3.24 Å². The highest BCUT2D eigenvalue weighted by Gasteiger charge is 2.41. The van der Waals surface area contributed by atoms with Crippen LogP contribution in [0.1, 0.15) is 19.3 Å². The molecular formula is C9H11F3N. The maximum atomic E-state index is 12.1. The Labute approximate surface area is 75.2 Å². The molecule has 4 heteroatoms. The number of halogens is 3. The average molecular weight is 190 g/mol. The van der Waals surface area contributed by atoms with Crippen molar-refractivity contribution >= 4 is 0 Å². The minimum Gasteiger partial charge on any atom is -0.285 e. The van der Waals surface area contributed by atoms with Crippen molar-refractivity contribution in [2.45, 2.75) is 37.5 Å². The quantitative estimate of drug-likeness (QED) is 0.612. The maximum absolute atomic E-state index is 12.1. The lowest BCUT2D eigenvalue weighted by atomic mass is 10.1. The van der Waals surface area contributed by atoms with Crippen LogP contribution in [0.25, 0.3) is 0 Å². The van der Waals surface area contributed by atoms with Crippen molar-refractivity contribution < 1.29 is 13.2 Å². The van der Waals surface area contributed by atoms with Gasteiger partial charge >= 0.3 is 6.18 Å². The van der Waals surface area contributed by atoms with Crippen LogP contribution in [-0.2, 0) is 0 Å². The van der Waals surface area contributed by atoms with Crippen molar-refractivity contribution in [3.05, 3.63) is 12.2 Å². The molecule has 73 valence electrons. The largest absolute Gasteiger partial charge is 0.401 e. The minimum atomic E-state index is -4.06. The van der Waals surface area contributed by atoms with Gasteiger partial charge in [-0.2, -0.15) is 13.2 Å². The minimum absolute atomic E-state index is 0.0135. The van der Waals surface area contributed by atoms with Gasteiger partial charge in [-0.1, -0.05) is 6.08 Å². The van der Waals surface area contributed by atoms with E-state index in [1.54, 1.807) is 11.0 Å². The zero-order chi connectivity index (χ0) is 9.47. The van der Waals surface area contributed by atoms with Crippen LogP contribution >= 0.6 is 0 Å². The van der Waals surface area contributed by atoms with Gasteiger partial charge in [-0.3, -0.25) is 4.90 Å². The molecule has 2 aliphatic rings. The van der Waals surface area contributed by atoms with Crippen LogP contribution in [0.4, 0.5) is 13.2 Å². The van der Waals surface area contributed by atoms with Gasteiger partial charge in [0.15, 0.2) is 0 Å². The third-order valence-corrected chi connectivity index (χ3v) is 2.72. The highest BCUT2D eigenvalue weighted by Crippen LogP contribution is 2.33. The number of rotatable bonds is 1. The van der Waals surface area contributed by atoms with Crippen molar-refractivity contribution in [2.24, 2.45) is 0 Å². The Kier molecular flexibility index (Phi) is 2.10. The second-order valence-corrected chi connectivity index (χ2v) is 3.66. The summed E-state index contributed by atoms with van der Waals surface area (Å²) < 4.78 is 36.4. The first-order valence-electron chi connectivity index (χ1n) is 4.45. The summed E-state index contributed by atoms with van der Waals surface area (Å²) in [6.45, 7) is -0.763. The molecule has 1 fully saturated rings. The predicted octanol–water partition coefficient (Wildman–Crippen LogP) is 2.14. The predicted molar refractivity (Wildman–Crippen MR) is 42.0 cm³/mol. The van der Waals surface area contributed by atoms with Gasteiger partial charge in [0, 0.05) is 12.1 Å². The summed E-state index contributed by atoms with van der Waals surface area (Å²) in [4.78, 5) is 1.55. The van der Waals surface area contributed by atoms with Gasteiger partial charge in [0.1, 0.15) is 0 Å². The Balaban J connectivity index is 2.04. The number of hydrogen-bond donors (Lipinski definition) is 0. The molecule has 13 heavy (non-hydrogen) atoms. The fourth-order valence-corrected chi connectivity index (χ4v) is 2.16. The summed E-state index contributed by atoms with van der Waals surface area (Å²) in [6, 6.07) is 0.0667. The van der Waals surface area contributed by atoms with Gasteiger partial charge < -0.3 is 0 Å². The molecule has 0 aromatic heterocycles. The van der Waals surface area contributed by atoms with E-state index in [1.165, 1.54) is 0 Å². The highest BCUT2D eigenvalue weighted by atomic mass is 19.4. The fraction of sp³-hybridized carbons (Fsp3) is 0.778. The first-order valence-corrected chi connectivity index (χ1v) is 4.45. The van der Waals surface area contributed by atoms with Gasteiger partial charge in [-0.05, 0) is 25.3 Å². The summed E-state index contributed by atoms with van der Waals surface area (Å²) in [5.74, 6) is 0. The number of hydrogen-bond acceptors (Lipinski definition) is 1. The van der Waals surface area contributed by atoms with Crippen molar-refractivity contribution in [1.82, 2.24) is 4.90 Å². The second-order valence-electron chi connectivity index (χ2n) is 3.66. The molecule has 1 radical (unpaired) electrons. The Morgan fingerprint density at radius 2 is 2.15 bits per heavy atom. The molecule has 0 saturated carbocycles. The molecule has 0 N–H and O–H groups in total. The first-order chi connectivity index (χ1) is 6.06. The molecule has 1 nitrogen and oxygen atoms in total. The molecule has 2 heterocycles. The van der Waals surface area contributed by atoms with Crippen LogP contribution in [-0.4, -0.2) is 29.7 Å². The van der Waals surface area contributed by atoms with Crippen molar-refractivity contribution in [3.63, 3.8) is 0 Å². The molecule has 0 amide bonds. The monoisotopic (exact) mass is 190 g/mol. The van der Waals surface area contributed by atoms with Crippen molar-refractivity contribution in [2.75, 3.05) is 6.54 Å². The molecular weight excluding hydrogens is 179 g/mol. The molecule has 2 aliphatic heterocycles. The van der Waals surface area contributed by atoms with E-state index in [0.29, 0.717) is 6.42 Å². The van der Waals surface area contributed by atoms with Gasteiger partial charge in [0.25, 0.3) is 0 Å². The van der Waals surface area contributed by atoms with Crippen LogP contribution in [0.15, 0.2) is 6.08 Å². The summed E-state index contributed by atoms with van der Waals surface area (Å²) in [5.41, 5.74) is 0. The van der Waals surface area contributed by atoms with Gasteiger partial charge in [0.2, 0.25) is 0 Å². The highest BCUT2D eigenvalue weighted by molar-refractivity contribution is 5.05. The van der Waals surface area contributed by atoms with E-state index in [1.807, 2.05) is 0 Å². The second kappa shape index (κ2) is 3.01. The normalized spacial score (nSPS) is 34.1. The number of fused-ring (bicyclic) bond motifs is 2. The number of nitrogens with zero attached hydrogens (tertiary/aromatic N) is 1. The number of alkyl halides is 3. The molecule has 2 atom stereocenters. The van der Waals surface area contributed by atoms with Crippen LogP contribution < -0.4 is 0 Å². The molecule has 0 aliphatic carbocycles. The van der Waals surface area contributed by atoms with Gasteiger partial charge in [-0.25, -0.2) is 0 Å².